The van der Waals surface area contributed by atoms with Crippen LogP contribution in [0.4, 0.5) is 0 Å². The third-order valence-corrected chi connectivity index (χ3v) is 8.21. The summed E-state index contributed by atoms with van der Waals surface area (Å²) < 4.78 is 8.00. The molecule has 0 fully saturated rings. The van der Waals surface area contributed by atoms with Crippen LogP contribution in [0.1, 0.15) is 84.2 Å². The third-order valence-electron chi connectivity index (χ3n) is 8.21. The molecular formula is C30H45N3O5. The maximum Gasteiger partial charge on any atom is 0.309 e. The summed E-state index contributed by atoms with van der Waals surface area (Å²) in [6, 6.07) is 5.88. The molecule has 0 radical (unpaired) electrons. The van der Waals surface area contributed by atoms with Crippen molar-refractivity contribution in [3.63, 3.8) is 0 Å². The van der Waals surface area contributed by atoms with Gasteiger partial charge in [-0.1, -0.05) is 45.4 Å². The molecular weight excluding hydrogens is 482 g/mol. The molecule has 0 saturated heterocycles. The third kappa shape index (κ3) is 6.71. The number of aliphatic hydroxyl groups excluding tert-OH is 2. The van der Waals surface area contributed by atoms with Gasteiger partial charge in [-0.3, -0.25) is 9.59 Å². The molecule has 0 unspecified atom stereocenters. The number of carbonyl (C=O) groups is 2. The molecule has 38 heavy (non-hydrogen) atoms. The molecule has 0 aliphatic carbocycles. The monoisotopic (exact) mass is 527 g/mol. The molecule has 0 saturated carbocycles. The topological polar surface area (TPSA) is 128 Å². The summed E-state index contributed by atoms with van der Waals surface area (Å²) in [6.45, 7) is 12.1. The molecule has 210 valence electrons. The second-order valence-corrected chi connectivity index (χ2v) is 11.6. The maximum absolute atomic E-state index is 13.3. The van der Waals surface area contributed by atoms with Gasteiger partial charge in [-0.05, 0) is 56.7 Å². The van der Waals surface area contributed by atoms with Crippen LogP contribution in [0.3, 0.4) is 0 Å². The zero-order valence-corrected chi connectivity index (χ0v) is 23.7. The van der Waals surface area contributed by atoms with Crippen LogP contribution in [0, 0.1) is 24.2 Å². The summed E-state index contributed by atoms with van der Waals surface area (Å²) in [5.74, 6) is -0.678. The Labute approximate surface area is 226 Å². The number of ketones is 1. The van der Waals surface area contributed by atoms with Crippen LogP contribution in [0.15, 0.2) is 29.8 Å². The van der Waals surface area contributed by atoms with Crippen molar-refractivity contribution in [3.05, 3.63) is 41.2 Å². The summed E-state index contributed by atoms with van der Waals surface area (Å²) >= 11 is 0. The number of fused-ring (bicyclic) bond motifs is 1. The van der Waals surface area contributed by atoms with Gasteiger partial charge in [0.2, 0.25) is 0 Å². The quantitative estimate of drug-likeness (QED) is 0.399. The van der Waals surface area contributed by atoms with Crippen LogP contribution >= 0.6 is 0 Å². The molecule has 2 heterocycles. The number of esters is 1. The van der Waals surface area contributed by atoms with E-state index in [2.05, 4.69) is 22.6 Å². The molecule has 8 nitrogen and oxygen atoms in total. The minimum absolute atomic E-state index is 0.0606. The van der Waals surface area contributed by atoms with Crippen molar-refractivity contribution in [2.75, 3.05) is 6.54 Å². The van der Waals surface area contributed by atoms with E-state index >= 15 is 0 Å². The normalized spacial score (nSPS) is 29.6. The minimum Gasteiger partial charge on any atom is -0.457 e. The van der Waals surface area contributed by atoms with Crippen molar-refractivity contribution in [2.24, 2.45) is 23.0 Å². The van der Waals surface area contributed by atoms with Crippen LogP contribution in [0.2, 0.25) is 0 Å². The summed E-state index contributed by atoms with van der Waals surface area (Å²) in [6.07, 6.45) is 2.17. The summed E-state index contributed by atoms with van der Waals surface area (Å²) in [4.78, 5) is 31.0. The fourth-order valence-corrected chi connectivity index (χ4v) is 5.43. The average Bonchev–Trinajstić information content (AvgIpc) is 3.18. The number of imidazole rings is 1. The van der Waals surface area contributed by atoms with Crippen molar-refractivity contribution in [3.8, 4) is 0 Å². The Morgan fingerprint density at radius 3 is 2.58 bits per heavy atom. The second-order valence-electron chi connectivity index (χ2n) is 11.6. The first-order valence-corrected chi connectivity index (χ1v) is 13.8. The number of hydrogen-bond donors (Lipinski definition) is 3. The molecule has 8 heteroatoms. The van der Waals surface area contributed by atoms with Crippen molar-refractivity contribution in [1.29, 1.82) is 0 Å². The summed E-state index contributed by atoms with van der Waals surface area (Å²) in [5.41, 5.74) is 8.34. The molecule has 0 amide bonds. The van der Waals surface area contributed by atoms with Gasteiger partial charge in [0.25, 0.3) is 0 Å². The fourth-order valence-electron chi connectivity index (χ4n) is 5.43. The molecule has 4 N–H and O–H groups in total. The van der Waals surface area contributed by atoms with Crippen molar-refractivity contribution >= 4 is 22.8 Å². The first-order valence-electron chi connectivity index (χ1n) is 13.8. The minimum atomic E-state index is -1.24. The standard InChI is InChI=1S/C30H45N3O5/c1-18-8-7-9-19(2)28(36)20(3)29(37)30(5,6)26(34)17-27(35)38-25(13-10-18)22-11-12-24-23(16-22)32-21(4)33(24)15-14-31/h10-12,16,19-20,25-26,28,34,36H,7-9,13-15,17,31H2,1-6H3/b18-10-/t19-,20+,25-,26-,28-/m0/s1. The lowest BCUT2D eigenvalue weighted by Gasteiger charge is -2.34. The Balaban J connectivity index is 1.94. The molecule has 1 aliphatic rings. The molecule has 0 bridgehead atoms. The van der Waals surface area contributed by atoms with Gasteiger partial charge in [0.05, 0.1) is 35.1 Å². The number of benzene rings is 1. The van der Waals surface area contributed by atoms with Gasteiger partial charge >= 0.3 is 5.97 Å². The van der Waals surface area contributed by atoms with E-state index in [1.807, 2.05) is 32.0 Å². The van der Waals surface area contributed by atoms with Gasteiger partial charge in [0.15, 0.2) is 0 Å². The van der Waals surface area contributed by atoms with E-state index < -0.39 is 35.6 Å². The second kappa shape index (κ2) is 12.5. The number of aromatic nitrogens is 2. The smallest absolute Gasteiger partial charge is 0.309 e. The largest absolute Gasteiger partial charge is 0.457 e. The van der Waals surface area contributed by atoms with Crippen LogP contribution in [-0.4, -0.2) is 50.3 Å². The number of aryl methyl sites for hydroxylation is 1. The van der Waals surface area contributed by atoms with Crippen LogP contribution in [0.5, 0.6) is 0 Å². The van der Waals surface area contributed by atoms with E-state index in [-0.39, 0.29) is 18.1 Å². The SMILES string of the molecule is C/C1=C/C[C@@H](c2ccc3c(c2)nc(C)n3CCN)OC(=O)C[C@H](O)C(C)(C)C(=O)[C@H](C)[C@@H](O)[C@@H](C)CCC1. The highest BCUT2D eigenvalue weighted by atomic mass is 16.5. The van der Waals surface area contributed by atoms with Gasteiger partial charge in [0, 0.05) is 25.4 Å². The number of Topliss-reactive ketones (excluding diaryl/α,β-unsaturated/α-hetero) is 1. The highest BCUT2D eigenvalue weighted by Crippen LogP contribution is 2.33. The molecule has 1 aromatic heterocycles. The van der Waals surface area contributed by atoms with E-state index in [0.717, 1.165) is 41.7 Å². The Bertz CT molecular complexity index is 1170. The first-order chi connectivity index (χ1) is 17.9. The number of rotatable bonds is 3. The van der Waals surface area contributed by atoms with Crippen molar-refractivity contribution in [2.45, 2.75) is 98.5 Å². The zero-order valence-electron chi connectivity index (χ0n) is 23.7. The Morgan fingerprint density at radius 2 is 1.89 bits per heavy atom. The number of nitrogens with zero attached hydrogens (tertiary/aromatic N) is 2. The van der Waals surface area contributed by atoms with Crippen LogP contribution < -0.4 is 5.73 Å². The number of nitrogens with two attached hydrogens (primary N) is 1. The molecule has 1 aromatic carbocycles. The average molecular weight is 528 g/mol. The van der Waals surface area contributed by atoms with E-state index in [4.69, 9.17) is 10.5 Å². The van der Waals surface area contributed by atoms with Gasteiger partial charge in [-0.15, -0.1) is 0 Å². The summed E-state index contributed by atoms with van der Waals surface area (Å²) in [5, 5.41) is 21.8. The predicted octanol–water partition coefficient (Wildman–Crippen LogP) is 4.39. The molecule has 0 spiro atoms. The number of hydrogen-bond acceptors (Lipinski definition) is 7. The fraction of sp³-hybridized carbons (Fsp3) is 0.633. The van der Waals surface area contributed by atoms with Crippen LogP contribution in [0.25, 0.3) is 11.0 Å². The van der Waals surface area contributed by atoms with E-state index in [1.54, 1.807) is 20.8 Å². The van der Waals surface area contributed by atoms with Gasteiger partial charge in [0.1, 0.15) is 17.7 Å². The number of carbonyl (C=O) groups excluding carboxylic acids is 2. The molecule has 3 rings (SSSR count). The predicted molar refractivity (Wildman–Crippen MR) is 148 cm³/mol. The van der Waals surface area contributed by atoms with Gasteiger partial charge < -0.3 is 25.3 Å². The number of ether oxygens (including phenoxy) is 1. The number of allylic oxidation sites excluding steroid dienone is 1. The highest BCUT2D eigenvalue weighted by Gasteiger charge is 2.42. The first kappa shape index (κ1) is 30.0. The van der Waals surface area contributed by atoms with Crippen LogP contribution in [-0.2, 0) is 20.9 Å². The van der Waals surface area contributed by atoms with E-state index in [9.17, 15) is 19.8 Å². The Morgan fingerprint density at radius 1 is 1.18 bits per heavy atom. The van der Waals surface area contributed by atoms with E-state index in [0.29, 0.717) is 19.5 Å². The van der Waals surface area contributed by atoms with Crippen molar-refractivity contribution < 1.29 is 24.5 Å². The molecule has 2 aromatic rings. The molecule has 5 atom stereocenters. The lowest BCUT2D eigenvalue weighted by atomic mass is 9.73. The lowest BCUT2D eigenvalue weighted by Crippen LogP contribution is -2.45. The lowest BCUT2D eigenvalue weighted by molar-refractivity contribution is -0.155. The Hall–Kier alpha value is -2.55. The van der Waals surface area contributed by atoms with Gasteiger partial charge in [-0.25, -0.2) is 4.98 Å². The number of cyclic esters (lactones) is 1. The van der Waals surface area contributed by atoms with Crippen molar-refractivity contribution in [1.82, 2.24) is 9.55 Å². The number of aliphatic hydroxyl groups is 2. The molecule has 1 aliphatic heterocycles. The zero-order chi connectivity index (χ0) is 28.2. The maximum atomic E-state index is 13.3. The Kier molecular flexibility index (Phi) is 9.90. The summed E-state index contributed by atoms with van der Waals surface area (Å²) in [7, 11) is 0. The van der Waals surface area contributed by atoms with Gasteiger partial charge in [-0.2, -0.15) is 0 Å². The highest BCUT2D eigenvalue weighted by molar-refractivity contribution is 5.88. The van der Waals surface area contributed by atoms with E-state index in [1.165, 1.54) is 5.57 Å².